The highest BCUT2D eigenvalue weighted by molar-refractivity contribution is 7.22. The van der Waals surface area contributed by atoms with Crippen LogP contribution in [0.5, 0.6) is 0 Å². The molecule has 3 aromatic heterocycles. The van der Waals surface area contributed by atoms with Gasteiger partial charge in [-0.1, -0.05) is 22.9 Å². The molecule has 1 aliphatic carbocycles. The number of nitrogens with zero attached hydrogens (tertiary/aromatic N) is 3. The summed E-state index contributed by atoms with van der Waals surface area (Å²) in [5.41, 5.74) is 0.888. The number of anilines is 1. The van der Waals surface area contributed by atoms with Crippen molar-refractivity contribution in [2.24, 2.45) is 5.92 Å². The fourth-order valence-corrected chi connectivity index (χ4v) is 4.09. The molecule has 3 heterocycles. The number of nitrogens with one attached hydrogen (secondary N) is 2. The summed E-state index contributed by atoms with van der Waals surface area (Å²) >= 11 is 7.14. The van der Waals surface area contributed by atoms with Crippen LogP contribution < -0.4 is 5.32 Å². The lowest BCUT2D eigenvalue weighted by atomic mass is 10.1. The van der Waals surface area contributed by atoms with Gasteiger partial charge in [0.25, 0.3) is 0 Å². The number of hydrogen-bond donors (Lipinski definition) is 2. The zero-order valence-electron chi connectivity index (χ0n) is 13.8. The van der Waals surface area contributed by atoms with Crippen LogP contribution in [0.3, 0.4) is 0 Å². The van der Waals surface area contributed by atoms with E-state index in [0.29, 0.717) is 16.0 Å². The molecule has 1 fully saturated rings. The standard InChI is InChI=1S/C17H9ClF3N5OS/c18-11-10(6-4-22-26-14(6)13(21)12(11)20)8-1-2-9-16(23-8)28-17(24-9)25-15(27)5-3-7(5)19/h1-2,4-5,7H,3H2,(H,22,26)(H,24,25,27)/t5-,7+/m1/s1. The van der Waals surface area contributed by atoms with Gasteiger partial charge in [0.05, 0.1) is 22.8 Å². The fourth-order valence-electron chi connectivity index (χ4n) is 2.97. The number of pyridine rings is 1. The summed E-state index contributed by atoms with van der Waals surface area (Å²) in [6.45, 7) is 0. The van der Waals surface area contributed by atoms with E-state index in [4.69, 9.17) is 11.6 Å². The Balaban J connectivity index is 1.58. The number of benzene rings is 1. The number of carbonyl (C=O) groups excluding carboxylic acids is 1. The van der Waals surface area contributed by atoms with Crippen molar-refractivity contribution >= 4 is 55.2 Å². The Hall–Kier alpha value is -2.72. The minimum absolute atomic E-state index is 0.110. The molecule has 1 amide bonds. The normalized spacial score (nSPS) is 18.7. The minimum Gasteiger partial charge on any atom is -0.302 e. The van der Waals surface area contributed by atoms with E-state index in [0.717, 1.165) is 11.3 Å². The molecular formula is C17H9ClF3N5OS. The highest BCUT2D eigenvalue weighted by atomic mass is 35.5. The molecule has 0 saturated heterocycles. The molecule has 6 nitrogen and oxygen atoms in total. The number of alkyl halides is 1. The molecule has 0 aliphatic heterocycles. The van der Waals surface area contributed by atoms with E-state index < -0.39 is 34.7 Å². The van der Waals surface area contributed by atoms with Crippen LogP contribution >= 0.6 is 22.9 Å². The molecule has 28 heavy (non-hydrogen) atoms. The fraction of sp³-hybridized carbons (Fsp3) is 0.176. The molecule has 2 atom stereocenters. The number of aromatic amines is 1. The Morgan fingerprint density at radius 1 is 1.29 bits per heavy atom. The molecule has 1 aromatic carbocycles. The van der Waals surface area contributed by atoms with Crippen molar-refractivity contribution < 1.29 is 18.0 Å². The largest absolute Gasteiger partial charge is 0.302 e. The second-order valence-electron chi connectivity index (χ2n) is 6.36. The monoisotopic (exact) mass is 423 g/mol. The van der Waals surface area contributed by atoms with Crippen molar-refractivity contribution in [2.45, 2.75) is 12.6 Å². The quantitative estimate of drug-likeness (QED) is 0.476. The SMILES string of the molecule is O=C(Nc1nc2ccc(-c3c(Cl)c(F)c(F)c4[nH]ncc34)nc2s1)[C@@H]1C[C@@H]1F. The van der Waals surface area contributed by atoms with Gasteiger partial charge in [0.2, 0.25) is 5.91 Å². The van der Waals surface area contributed by atoms with E-state index in [1.165, 1.54) is 6.20 Å². The van der Waals surface area contributed by atoms with Crippen molar-refractivity contribution in [2.75, 3.05) is 5.32 Å². The van der Waals surface area contributed by atoms with Crippen molar-refractivity contribution in [3.05, 3.63) is 35.0 Å². The van der Waals surface area contributed by atoms with Gasteiger partial charge >= 0.3 is 0 Å². The molecular weight excluding hydrogens is 415 g/mol. The lowest BCUT2D eigenvalue weighted by Gasteiger charge is -2.07. The molecule has 0 bridgehead atoms. The summed E-state index contributed by atoms with van der Waals surface area (Å²) in [5, 5.41) is 8.91. The van der Waals surface area contributed by atoms with E-state index >= 15 is 0 Å². The highest BCUT2D eigenvalue weighted by Gasteiger charge is 2.43. The zero-order valence-corrected chi connectivity index (χ0v) is 15.3. The van der Waals surface area contributed by atoms with Gasteiger partial charge in [0.15, 0.2) is 16.8 Å². The van der Waals surface area contributed by atoms with Gasteiger partial charge in [-0.15, -0.1) is 0 Å². The Kier molecular flexibility index (Phi) is 3.81. The first-order valence-corrected chi connectivity index (χ1v) is 9.36. The van der Waals surface area contributed by atoms with Gasteiger partial charge in [-0.05, 0) is 18.6 Å². The third-order valence-electron chi connectivity index (χ3n) is 4.52. The average molecular weight is 424 g/mol. The van der Waals surface area contributed by atoms with Crippen LogP contribution in [0.4, 0.5) is 18.3 Å². The number of rotatable bonds is 3. The number of amides is 1. The maximum atomic E-state index is 14.2. The number of aromatic nitrogens is 4. The number of hydrogen-bond acceptors (Lipinski definition) is 5. The smallest absolute Gasteiger partial charge is 0.232 e. The van der Waals surface area contributed by atoms with E-state index in [1.54, 1.807) is 12.1 Å². The summed E-state index contributed by atoms with van der Waals surface area (Å²) in [5.74, 6) is -3.37. The Morgan fingerprint density at radius 3 is 2.82 bits per heavy atom. The molecule has 0 radical (unpaired) electrons. The van der Waals surface area contributed by atoms with Crippen LogP contribution in [-0.2, 0) is 4.79 Å². The predicted octanol–water partition coefficient (Wildman–Crippen LogP) is 4.46. The van der Waals surface area contributed by atoms with Crippen LogP contribution in [0.2, 0.25) is 5.02 Å². The topological polar surface area (TPSA) is 83.6 Å². The average Bonchev–Trinajstić information content (AvgIpc) is 3.06. The summed E-state index contributed by atoms with van der Waals surface area (Å²) in [4.78, 5) is 21.0. The summed E-state index contributed by atoms with van der Waals surface area (Å²) in [6.07, 6.45) is 0.452. The van der Waals surface area contributed by atoms with Gasteiger partial charge in [-0.2, -0.15) is 5.10 Å². The molecule has 2 N–H and O–H groups in total. The summed E-state index contributed by atoms with van der Waals surface area (Å²) < 4.78 is 41.2. The van der Waals surface area contributed by atoms with Gasteiger partial charge in [0.1, 0.15) is 22.0 Å². The first-order chi connectivity index (χ1) is 13.4. The number of fused-ring (bicyclic) bond motifs is 2. The van der Waals surface area contributed by atoms with Crippen molar-refractivity contribution in [1.29, 1.82) is 0 Å². The molecule has 0 unspecified atom stereocenters. The highest BCUT2D eigenvalue weighted by Crippen LogP contribution is 2.39. The maximum absolute atomic E-state index is 14.2. The Morgan fingerprint density at radius 2 is 2.07 bits per heavy atom. The molecule has 0 spiro atoms. The van der Waals surface area contributed by atoms with E-state index in [9.17, 15) is 18.0 Å². The number of thiazole rings is 1. The molecule has 1 aliphatic rings. The predicted molar refractivity (Wildman–Crippen MR) is 99.1 cm³/mol. The van der Waals surface area contributed by atoms with Crippen LogP contribution in [0.25, 0.3) is 32.5 Å². The molecule has 11 heteroatoms. The molecule has 1 saturated carbocycles. The lowest BCUT2D eigenvalue weighted by molar-refractivity contribution is -0.117. The van der Waals surface area contributed by atoms with Crippen LogP contribution in [0.15, 0.2) is 18.3 Å². The van der Waals surface area contributed by atoms with Crippen LogP contribution in [0.1, 0.15) is 6.42 Å². The van der Waals surface area contributed by atoms with Gasteiger partial charge in [-0.25, -0.2) is 23.1 Å². The van der Waals surface area contributed by atoms with E-state index in [-0.39, 0.29) is 28.0 Å². The summed E-state index contributed by atoms with van der Waals surface area (Å²) in [6, 6.07) is 3.19. The number of carbonyl (C=O) groups is 1. The maximum Gasteiger partial charge on any atom is 0.232 e. The molecule has 4 aromatic rings. The zero-order chi connectivity index (χ0) is 19.6. The first kappa shape index (κ1) is 17.4. The van der Waals surface area contributed by atoms with Crippen LogP contribution in [-0.4, -0.2) is 32.2 Å². The first-order valence-electron chi connectivity index (χ1n) is 8.16. The Labute approximate surface area is 163 Å². The van der Waals surface area contributed by atoms with Crippen LogP contribution in [0, 0.1) is 17.6 Å². The minimum atomic E-state index is -1.20. The van der Waals surface area contributed by atoms with Crippen molar-refractivity contribution in [3.8, 4) is 11.3 Å². The lowest BCUT2D eigenvalue weighted by Crippen LogP contribution is -2.14. The van der Waals surface area contributed by atoms with Gasteiger partial charge in [-0.3, -0.25) is 9.89 Å². The number of H-pyrrole nitrogens is 1. The van der Waals surface area contributed by atoms with Gasteiger partial charge in [0, 0.05) is 10.9 Å². The molecule has 142 valence electrons. The number of halogens is 4. The third kappa shape index (κ3) is 2.63. The van der Waals surface area contributed by atoms with Crippen molar-refractivity contribution in [3.63, 3.8) is 0 Å². The molecule has 5 rings (SSSR count). The summed E-state index contributed by atoms with van der Waals surface area (Å²) in [7, 11) is 0. The second kappa shape index (κ2) is 6.14. The van der Waals surface area contributed by atoms with E-state index in [1.807, 2.05) is 0 Å². The van der Waals surface area contributed by atoms with E-state index in [2.05, 4.69) is 25.5 Å². The Bertz CT molecular complexity index is 1270. The van der Waals surface area contributed by atoms with Gasteiger partial charge < -0.3 is 5.32 Å². The third-order valence-corrected chi connectivity index (χ3v) is 5.76. The van der Waals surface area contributed by atoms with Crippen molar-refractivity contribution in [1.82, 2.24) is 20.2 Å². The second-order valence-corrected chi connectivity index (χ2v) is 7.72.